The second-order valence-electron chi connectivity index (χ2n) is 6.76. The number of hydrogen-bond acceptors (Lipinski definition) is 4. The molecule has 0 aliphatic heterocycles. The molecule has 2 heterocycles. The number of benzene rings is 2. The number of fused-ring (bicyclic) bond motifs is 3. The molecule has 29 heavy (non-hydrogen) atoms. The molecule has 1 amide bonds. The molecule has 7 heteroatoms. The van der Waals surface area contributed by atoms with Crippen molar-refractivity contribution in [3.8, 4) is 0 Å². The van der Waals surface area contributed by atoms with Gasteiger partial charge in [0.2, 0.25) is 5.91 Å². The number of allylic oxidation sites excluding steroid dienone is 1. The van der Waals surface area contributed by atoms with Crippen molar-refractivity contribution in [2.75, 3.05) is 11.1 Å². The van der Waals surface area contributed by atoms with Crippen LogP contribution in [0.3, 0.4) is 0 Å². The first-order valence-corrected chi connectivity index (χ1v) is 10.5. The Balaban J connectivity index is 1.53. The fourth-order valence-electron chi connectivity index (χ4n) is 3.61. The lowest BCUT2D eigenvalue weighted by atomic mass is 10.1. The highest BCUT2D eigenvalue weighted by Gasteiger charge is 2.13. The van der Waals surface area contributed by atoms with Crippen molar-refractivity contribution in [2.45, 2.75) is 32.1 Å². The van der Waals surface area contributed by atoms with Crippen LogP contribution in [-0.4, -0.2) is 31.0 Å². The van der Waals surface area contributed by atoms with E-state index in [0.29, 0.717) is 6.54 Å². The molecule has 2 aromatic carbocycles. The normalized spacial score (nSPS) is 11.2. The van der Waals surface area contributed by atoms with Gasteiger partial charge in [0.25, 0.3) is 0 Å². The predicted molar refractivity (Wildman–Crippen MR) is 119 cm³/mol. The van der Waals surface area contributed by atoms with Gasteiger partial charge in [0, 0.05) is 40.6 Å². The minimum atomic E-state index is -0.0700. The van der Waals surface area contributed by atoms with Crippen LogP contribution in [0.1, 0.15) is 12.7 Å². The highest BCUT2D eigenvalue weighted by Crippen LogP contribution is 2.31. The SMILES string of the molecule is C=CCn1c(C)nnc1SCC(=O)Nc1ccc2c(c1)c1ccccc1n2CC. The molecule has 0 bridgehead atoms. The van der Waals surface area contributed by atoms with Crippen LogP contribution in [0.15, 0.2) is 60.3 Å². The summed E-state index contributed by atoms with van der Waals surface area (Å²) in [6.45, 7) is 9.32. The number of aryl methyl sites for hydroxylation is 2. The first-order valence-electron chi connectivity index (χ1n) is 9.56. The fourth-order valence-corrected chi connectivity index (χ4v) is 4.40. The molecule has 2 aromatic heterocycles. The largest absolute Gasteiger partial charge is 0.341 e. The quantitative estimate of drug-likeness (QED) is 0.360. The van der Waals surface area contributed by atoms with Crippen LogP contribution in [-0.2, 0) is 17.9 Å². The number of carbonyl (C=O) groups is 1. The zero-order valence-corrected chi connectivity index (χ0v) is 17.4. The molecular formula is C22H23N5OS. The maximum Gasteiger partial charge on any atom is 0.234 e. The monoisotopic (exact) mass is 405 g/mol. The lowest BCUT2D eigenvalue weighted by Crippen LogP contribution is -2.14. The van der Waals surface area contributed by atoms with E-state index in [-0.39, 0.29) is 11.7 Å². The molecule has 6 nitrogen and oxygen atoms in total. The van der Waals surface area contributed by atoms with Crippen molar-refractivity contribution in [1.82, 2.24) is 19.3 Å². The Morgan fingerprint density at radius 2 is 1.93 bits per heavy atom. The maximum absolute atomic E-state index is 12.5. The van der Waals surface area contributed by atoms with Gasteiger partial charge in [-0.2, -0.15) is 0 Å². The molecule has 4 rings (SSSR count). The van der Waals surface area contributed by atoms with E-state index >= 15 is 0 Å². The molecule has 0 saturated heterocycles. The van der Waals surface area contributed by atoms with Crippen LogP contribution < -0.4 is 5.32 Å². The summed E-state index contributed by atoms with van der Waals surface area (Å²) < 4.78 is 4.23. The molecule has 4 aromatic rings. The third-order valence-corrected chi connectivity index (χ3v) is 5.88. The second-order valence-corrected chi connectivity index (χ2v) is 7.70. The number of nitrogens with zero attached hydrogens (tertiary/aromatic N) is 4. The molecule has 0 atom stereocenters. The van der Waals surface area contributed by atoms with E-state index in [1.54, 1.807) is 6.08 Å². The molecule has 0 radical (unpaired) electrons. The molecule has 1 N–H and O–H groups in total. The van der Waals surface area contributed by atoms with Crippen LogP contribution in [0, 0.1) is 6.92 Å². The van der Waals surface area contributed by atoms with Gasteiger partial charge < -0.3 is 14.5 Å². The Bertz CT molecular complexity index is 1210. The van der Waals surface area contributed by atoms with Gasteiger partial charge in [0.15, 0.2) is 5.16 Å². The number of amides is 1. The van der Waals surface area contributed by atoms with Gasteiger partial charge in [0.1, 0.15) is 5.82 Å². The number of carbonyl (C=O) groups excluding carboxylic acids is 1. The van der Waals surface area contributed by atoms with Gasteiger partial charge in [-0.3, -0.25) is 4.79 Å². The van der Waals surface area contributed by atoms with Crippen LogP contribution in [0.25, 0.3) is 21.8 Å². The number of anilines is 1. The average molecular weight is 406 g/mol. The number of nitrogens with one attached hydrogen (secondary N) is 1. The standard InChI is InChI=1S/C22H23N5OS/c1-4-12-27-15(3)24-25-22(27)29-14-21(28)23-16-10-11-20-18(13-16)17-8-6-7-9-19(17)26(20)5-2/h4,6-11,13H,1,5,12,14H2,2-3H3,(H,23,28). The van der Waals surface area contributed by atoms with E-state index in [9.17, 15) is 4.79 Å². The minimum absolute atomic E-state index is 0.0700. The topological polar surface area (TPSA) is 64.7 Å². The van der Waals surface area contributed by atoms with E-state index in [0.717, 1.165) is 28.6 Å². The number of para-hydroxylation sites is 1. The van der Waals surface area contributed by atoms with Gasteiger partial charge in [0.05, 0.1) is 5.75 Å². The van der Waals surface area contributed by atoms with Gasteiger partial charge >= 0.3 is 0 Å². The number of thioether (sulfide) groups is 1. The van der Waals surface area contributed by atoms with Gasteiger partial charge in [-0.05, 0) is 38.1 Å². The van der Waals surface area contributed by atoms with E-state index < -0.39 is 0 Å². The molecular weight excluding hydrogens is 382 g/mol. The Morgan fingerprint density at radius 1 is 1.14 bits per heavy atom. The molecule has 148 valence electrons. The van der Waals surface area contributed by atoms with Crippen molar-refractivity contribution in [2.24, 2.45) is 0 Å². The zero-order chi connectivity index (χ0) is 20.4. The summed E-state index contributed by atoms with van der Waals surface area (Å²) in [7, 11) is 0. The zero-order valence-electron chi connectivity index (χ0n) is 16.6. The Kier molecular flexibility index (Phi) is 5.40. The van der Waals surface area contributed by atoms with Crippen LogP contribution in [0.4, 0.5) is 5.69 Å². The van der Waals surface area contributed by atoms with E-state index in [2.05, 4.69) is 63.9 Å². The maximum atomic E-state index is 12.5. The smallest absolute Gasteiger partial charge is 0.234 e. The highest BCUT2D eigenvalue weighted by atomic mass is 32.2. The summed E-state index contributed by atoms with van der Waals surface area (Å²) in [4.78, 5) is 12.5. The van der Waals surface area contributed by atoms with Crippen molar-refractivity contribution in [1.29, 1.82) is 0 Å². The van der Waals surface area contributed by atoms with Crippen LogP contribution in [0.2, 0.25) is 0 Å². The minimum Gasteiger partial charge on any atom is -0.341 e. The summed E-state index contributed by atoms with van der Waals surface area (Å²) in [6.07, 6.45) is 1.79. The van der Waals surface area contributed by atoms with Crippen molar-refractivity contribution < 1.29 is 4.79 Å². The highest BCUT2D eigenvalue weighted by molar-refractivity contribution is 7.99. The van der Waals surface area contributed by atoms with Crippen LogP contribution in [0.5, 0.6) is 0 Å². The Morgan fingerprint density at radius 3 is 2.72 bits per heavy atom. The van der Waals surface area contributed by atoms with E-state index in [4.69, 9.17) is 0 Å². The van der Waals surface area contributed by atoms with E-state index in [1.807, 2.05) is 23.6 Å². The summed E-state index contributed by atoms with van der Waals surface area (Å²) in [5.74, 6) is 1.01. The summed E-state index contributed by atoms with van der Waals surface area (Å²) in [5.41, 5.74) is 3.18. The van der Waals surface area contributed by atoms with Crippen LogP contribution >= 0.6 is 11.8 Å². The molecule has 0 fully saturated rings. The third kappa shape index (κ3) is 3.65. The molecule has 0 spiro atoms. The second kappa shape index (κ2) is 8.13. The molecule has 0 aliphatic rings. The van der Waals surface area contributed by atoms with Crippen molar-refractivity contribution in [3.63, 3.8) is 0 Å². The molecule has 0 aliphatic carbocycles. The molecule has 0 saturated carbocycles. The Labute approximate surface area is 173 Å². The summed E-state index contributed by atoms with van der Waals surface area (Å²) >= 11 is 1.37. The van der Waals surface area contributed by atoms with E-state index in [1.165, 1.54) is 28.2 Å². The molecule has 0 unspecified atom stereocenters. The summed E-state index contributed by atoms with van der Waals surface area (Å²) in [5, 5.41) is 14.3. The number of aromatic nitrogens is 4. The summed E-state index contributed by atoms with van der Waals surface area (Å²) in [6, 6.07) is 14.4. The first-order chi connectivity index (χ1) is 14.1. The van der Waals surface area contributed by atoms with Gasteiger partial charge in [-0.1, -0.05) is 36.0 Å². The number of rotatable bonds is 7. The van der Waals surface area contributed by atoms with Gasteiger partial charge in [-0.15, -0.1) is 16.8 Å². The lowest BCUT2D eigenvalue weighted by Gasteiger charge is -2.07. The number of hydrogen-bond donors (Lipinski definition) is 1. The first kappa shape index (κ1) is 19.3. The third-order valence-electron chi connectivity index (χ3n) is 4.92. The Hall–Kier alpha value is -3.06. The van der Waals surface area contributed by atoms with Gasteiger partial charge in [-0.25, -0.2) is 0 Å². The lowest BCUT2D eigenvalue weighted by molar-refractivity contribution is -0.113. The predicted octanol–water partition coefficient (Wildman–Crippen LogP) is 4.63. The van der Waals surface area contributed by atoms with Crippen molar-refractivity contribution >= 4 is 45.2 Å². The fraction of sp³-hybridized carbons (Fsp3) is 0.227. The average Bonchev–Trinajstić information content (AvgIpc) is 3.24. The van der Waals surface area contributed by atoms with Crippen molar-refractivity contribution in [3.05, 3.63) is 60.9 Å².